The summed E-state index contributed by atoms with van der Waals surface area (Å²) in [4.78, 5) is 24.2. The first-order chi connectivity index (χ1) is 15.3. The predicted octanol–water partition coefficient (Wildman–Crippen LogP) is 2.66. The van der Waals surface area contributed by atoms with Crippen LogP contribution in [0.4, 0.5) is 0 Å². The Balaban J connectivity index is 1.55. The molecule has 0 spiro atoms. The number of hydrogen-bond acceptors (Lipinski definition) is 5. The third-order valence-corrected chi connectivity index (χ3v) is 5.94. The molecule has 0 heterocycles. The summed E-state index contributed by atoms with van der Waals surface area (Å²) >= 11 is 5.94. The topological polar surface area (TPSA) is 114 Å². The molecule has 0 unspecified atom stereocenters. The van der Waals surface area contributed by atoms with Gasteiger partial charge in [-0.1, -0.05) is 60.1 Å². The molecule has 32 heavy (non-hydrogen) atoms. The van der Waals surface area contributed by atoms with Gasteiger partial charge in [0, 0.05) is 12.1 Å². The number of para-hydroxylation sites is 1. The van der Waals surface area contributed by atoms with Crippen molar-refractivity contribution in [2.75, 3.05) is 6.61 Å². The van der Waals surface area contributed by atoms with Crippen LogP contribution in [0.5, 0.6) is 5.75 Å². The van der Waals surface area contributed by atoms with Gasteiger partial charge in [0.05, 0.1) is 9.92 Å². The van der Waals surface area contributed by atoms with Crippen LogP contribution in [-0.2, 0) is 21.4 Å². The highest BCUT2D eigenvalue weighted by Crippen LogP contribution is 2.22. The van der Waals surface area contributed by atoms with E-state index in [4.69, 9.17) is 16.3 Å². The maximum absolute atomic E-state index is 12.6. The second-order valence-electron chi connectivity index (χ2n) is 6.56. The van der Waals surface area contributed by atoms with Crippen molar-refractivity contribution in [3.8, 4) is 5.75 Å². The SMILES string of the molecule is O=C(COc1ccccc1Cl)NNC(=O)c1cccc(S(=O)(=O)NCc2ccccc2)c1. The Kier molecular flexibility index (Phi) is 7.82. The monoisotopic (exact) mass is 473 g/mol. The molecule has 2 amide bonds. The molecule has 0 saturated heterocycles. The van der Waals surface area contributed by atoms with Crippen molar-refractivity contribution in [2.45, 2.75) is 11.4 Å². The molecule has 0 aliphatic rings. The van der Waals surface area contributed by atoms with Crippen molar-refractivity contribution < 1.29 is 22.7 Å². The minimum absolute atomic E-state index is 0.0555. The fourth-order valence-electron chi connectivity index (χ4n) is 2.60. The van der Waals surface area contributed by atoms with E-state index >= 15 is 0 Å². The molecule has 3 aromatic carbocycles. The van der Waals surface area contributed by atoms with Crippen molar-refractivity contribution in [3.05, 3.63) is 95.0 Å². The summed E-state index contributed by atoms with van der Waals surface area (Å²) in [5.41, 5.74) is 5.28. The number of benzene rings is 3. The molecule has 3 aromatic rings. The van der Waals surface area contributed by atoms with E-state index in [-0.39, 0.29) is 23.6 Å². The third kappa shape index (κ3) is 6.55. The average molecular weight is 474 g/mol. The van der Waals surface area contributed by atoms with E-state index in [1.54, 1.807) is 36.4 Å². The van der Waals surface area contributed by atoms with Gasteiger partial charge in [-0.25, -0.2) is 13.1 Å². The third-order valence-electron chi connectivity index (χ3n) is 4.23. The van der Waals surface area contributed by atoms with E-state index in [1.165, 1.54) is 24.3 Å². The largest absolute Gasteiger partial charge is 0.482 e. The van der Waals surface area contributed by atoms with Crippen molar-refractivity contribution in [1.29, 1.82) is 0 Å². The Morgan fingerprint density at radius 2 is 1.59 bits per heavy atom. The predicted molar refractivity (Wildman–Crippen MR) is 119 cm³/mol. The van der Waals surface area contributed by atoms with Gasteiger partial charge in [0.1, 0.15) is 5.75 Å². The summed E-state index contributed by atoms with van der Waals surface area (Å²) in [7, 11) is -3.84. The molecule has 0 aromatic heterocycles. The van der Waals surface area contributed by atoms with Gasteiger partial charge in [-0.05, 0) is 35.9 Å². The number of hydrogen-bond donors (Lipinski definition) is 3. The smallest absolute Gasteiger partial charge is 0.276 e. The van der Waals surface area contributed by atoms with Gasteiger partial charge in [-0.3, -0.25) is 20.4 Å². The summed E-state index contributed by atoms with van der Waals surface area (Å²) in [6.45, 7) is -0.261. The van der Waals surface area contributed by atoms with Crippen molar-refractivity contribution in [1.82, 2.24) is 15.6 Å². The maximum atomic E-state index is 12.6. The number of amides is 2. The van der Waals surface area contributed by atoms with Gasteiger partial charge >= 0.3 is 0 Å². The Morgan fingerprint density at radius 1 is 0.875 bits per heavy atom. The van der Waals surface area contributed by atoms with Crippen molar-refractivity contribution >= 4 is 33.4 Å². The lowest BCUT2D eigenvalue weighted by Crippen LogP contribution is -2.43. The first-order valence-corrected chi connectivity index (χ1v) is 11.3. The maximum Gasteiger partial charge on any atom is 0.276 e. The highest BCUT2D eigenvalue weighted by atomic mass is 35.5. The second kappa shape index (κ2) is 10.8. The summed E-state index contributed by atoms with van der Waals surface area (Å²) in [6, 6.07) is 21.2. The van der Waals surface area contributed by atoms with Crippen LogP contribution in [0, 0.1) is 0 Å². The van der Waals surface area contributed by atoms with Gasteiger partial charge in [0.15, 0.2) is 6.61 Å². The lowest BCUT2D eigenvalue weighted by atomic mass is 10.2. The number of ether oxygens (including phenoxy) is 1. The van der Waals surface area contributed by atoms with E-state index in [2.05, 4.69) is 15.6 Å². The van der Waals surface area contributed by atoms with Crippen LogP contribution in [0.1, 0.15) is 15.9 Å². The Bertz CT molecular complexity index is 1200. The van der Waals surface area contributed by atoms with Gasteiger partial charge in [0.2, 0.25) is 10.0 Å². The van der Waals surface area contributed by atoms with Gasteiger partial charge in [0.25, 0.3) is 11.8 Å². The molecule has 0 bridgehead atoms. The molecule has 3 rings (SSSR count). The molecule has 8 nitrogen and oxygen atoms in total. The number of sulfonamides is 1. The zero-order valence-corrected chi connectivity index (χ0v) is 18.3. The molecule has 0 radical (unpaired) electrons. The zero-order valence-electron chi connectivity index (χ0n) is 16.7. The normalized spacial score (nSPS) is 10.9. The molecule has 0 saturated carbocycles. The average Bonchev–Trinajstić information content (AvgIpc) is 2.81. The fourth-order valence-corrected chi connectivity index (χ4v) is 3.86. The van der Waals surface area contributed by atoms with E-state index in [0.29, 0.717) is 10.8 Å². The summed E-state index contributed by atoms with van der Waals surface area (Å²) < 4.78 is 32.9. The number of carbonyl (C=O) groups excluding carboxylic acids is 2. The van der Waals surface area contributed by atoms with Crippen LogP contribution < -0.4 is 20.3 Å². The first-order valence-electron chi connectivity index (χ1n) is 9.45. The first kappa shape index (κ1) is 23.3. The molecule has 0 atom stereocenters. The zero-order chi connectivity index (χ0) is 23.0. The van der Waals surface area contributed by atoms with Crippen LogP contribution in [-0.4, -0.2) is 26.8 Å². The number of rotatable bonds is 8. The molecule has 3 N–H and O–H groups in total. The Labute approximate surface area is 190 Å². The minimum Gasteiger partial charge on any atom is -0.482 e. The van der Waals surface area contributed by atoms with Gasteiger partial charge in [-0.2, -0.15) is 0 Å². The lowest BCUT2D eigenvalue weighted by Gasteiger charge is -2.11. The number of halogens is 1. The van der Waals surface area contributed by atoms with Gasteiger partial charge in [-0.15, -0.1) is 0 Å². The van der Waals surface area contributed by atoms with Crippen molar-refractivity contribution in [2.24, 2.45) is 0 Å². The van der Waals surface area contributed by atoms with E-state index < -0.39 is 21.8 Å². The molecule has 10 heteroatoms. The molecule has 0 fully saturated rings. The number of hydrazine groups is 1. The highest BCUT2D eigenvalue weighted by Gasteiger charge is 2.16. The number of nitrogens with one attached hydrogen (secondary N) is 3. The van der Waals surface area contributed by atoms with E-state index in [9.17, 15) is 18.0 Å². The quantitative estimate of drug-likeness (QED) is 0.435. The summed E-state index contributed by atoms with van der Waals surface area (Å²) in [5, 5.41) is 0.350. The minimum atomic E-state index is -3.84. The van der Waals surface area contributed by atoms with Crippen LogP contribution in [0.15, 0.2) is 83.8 Å². The molecular weight excluding hydrogens is 454 g/mol. The second-order valence-corrected chi connectivity index (χ2v) is 8.73. The molecule has 166 valence electrons. The molecule has 0 aliphatic heterocycles. The molecular formula is C22H20ClN3O5S. The van der Waals surface area contributed by atoms with Gasteiger partial charge < -0.3 is 4.74 Å². The Morgan fingerprint density at radius 3 is 2.34 bits per heavy atom. The van der Waals surface area contributed by atoms with E-state index in [0.717, 1.165) is 5.56 Å². The highest BCUT2D eigenvalue weighted by molar-refractivity contribution is 7.89. The van der Waals surface area contributed by atoms with Crippen LogP contribution in [0.3, 0.4) is 0 Å². The summed E-state index contributed by atoms with van der Waals surface area (Å²) in [5.74, 6) is -0.973. The fraction of sp³-hybridized carbons (Fsp3) is 0.0909. The standard InChI is InChI=1S/C22H20ClN3O5S/c23-19-11-4-5-12-20(19)31-15-21(27)25-26-22(28)17-9-6-10-18(13-17)32(29,30)24-14-16-7-2-1-3-8-16/h1-13,24H,14-15H2,(H,25,27)(H,26,28). The van der Waals surface area contributed by atoms with Crippen LogP contribution in [0.2, 0.25) is 5.02 Å². The van der Waals surface area contributed by atoms with E-state index in [1.807, 2.05) is 18.2 Å². The van der Waals surface area contributed by atoms with Crippen molar-refractivity contribution in [3.63, 3.8) is 0 Å². The molecule has 0 aliphatic carbocycles. The lowest BCUT2D eigenvalue weighted by molar-refractivity contribution is -0.123. The Hall–Kier alpha value is -3.40. The van der Waals surface area contributed by atoms with Crippen LogP contribution in [0.25, 0.3) is 0 Å². The summed E-state index contributed by atoms with van der Waals surface area (Å²) in [6.07, 6.45) is 0. The van der Waals surface area contributed by atoms with Crippen LogP contribution >= 0.6 is 11.6 Å². The number of carbonyl (C=O) groups is 2.